The van der Waals surface area contributed by atoms with Crippen molar-refractivity contribution in [1.29, 1.82) is 0 Å². The first-order valence-electron chi connectivity index (χ1n) is 9.69. The standard InChI is InChI=1S/C23H22N2O4/c1-3-25-20-10-9-15(12-19(20)18(13-21(25)26)14-7-8-14)22(27)24(2)17-6-4-5-16(11-17)23(28)29/h4-6,9-14H,3,7-8H2,1-2H3,(H,28,29). The molecule has 0 spiro atoms. The van der Waals surface area contributed by atoms with Crippen molar-refractivity contribution in [2.75, 3.05) is 11.9 Å². The predicted octanol–water partition coefficient (Wildman–Crippen LogP) is 3.87. The SMILES string of the molecule is CCn1c(=O)cc(C2CC2)c2cc(C(=O)N(C)c3cccc(C(=O)O)c3)ccc21. The summed E-state index contributed by atoms with van der Waals surface area (Å²) in [6.07, 6.45) is 2.12. The van der Waals surface area contributed by atoms with E-state index < -0.39 is 5.97 Å². The van der Waals surface area contributed by atoms with Crippen molar-refractivity contribution >= 4 is 28.5 Å². The Bertz CT molecular complexity index is 1190. The molecule has 1 aliphatic rings. The Kier molecular flexibility index (Phi) is 4.70. The van der Waals surface area contributed by atoms with Crippen molar-refractivity contribution in [1.82, 2.24) is 4.57 Å². The molecule has 4 rings (SSSR count). The number of aromatic carboxylic acids is 1. The zero-order valence-corrected chi connectivity index (χ0v) is 16.4. The number of aryl methyl sites for hydroxylation is 1. The summed E-state index contributed by atoms with van der Waals surface area (Å²) in [6, 6.07) is 13.4. The van der Waals surface area contributed by atoms with Gasteiger partial charge in [-0.25, -0.2) is 4.79 Å². The molecule has 0 aliphatic heterocycles. The van der Waals surface area contributed by atoms with Crippen LogP contribution in [0.5, 0.6) is 0 Å². The van der Waals surface area contributed by atoms with Crippen molar-refractivity contribution in [3.63, 3.8) is 0 Å². The van der Waals surface area contributed by atoms with Crippen LogP contribution in [0.1, 0.15) is 52.0 Å². The molecule has 2 aromatic carbocycles. The van der Waals surface area contributed by atoms with Gasteiger partial charge in [0.25, 0.3) is 11.5 Å². The lowest BCUT2D eigenvalue weighted by Gasteiger charge is -2.19. The highest BCUT2D eigenvalue weighted by Crippen LogP contribution is 2.42. The molecular weight excluding hydrogens is 368 g/mol. The van der Waals surface area contributed by atoms with Crippen LogP contribution < -0.4 is 10.5 Å². The number of carboxylic acids is 1. The molecule has 1 N–H and O–H groups in total. The summed E-state index contributed by atoms with van der Waals surface area (Å²) < 4.78 is 1.72. The first-order chi connectivity index (χ1) is 13.9. The number of hydrogen-bond acceptors (Lipinski definition) is 3. The zero-order chi connectivity index (χ0) is 20.7. The van der Waals surface area contributed by atoms with Gasteiger partial charge in [-0.15, -0.1) is 0 Å². The molecule has 148 valence electrons. The molecule has 0 bridgehead atoms. The Morgan fingerprint density at radius 1 is 1.10 bits per heavy atom. The summed E-state index contributed by atoms with van der Waals surface area (Å²) in [6.45, 7) is 2.50. The van der Waals surface area contributed by atoms with Crippen LogP contribution in [0.25, 0.3) is 10.9 Å². The van der Waals surface area contributed by atoms with E-state index >= 15 is 0 Å². The van der Waals surface area contributed by atoms with Gasteiger partial charge in [0.1, 0.15) is 0 Å². The number of rotatable bonds is 5. The van der Waals surface area contributed by atoms with E-state index in [2.05, 4.69) is 0 Å². The van der Waals surface area contributed by atoms with Crippen LogP contribution in [-0.2, 0) is 6.54 Å². The van der Waals surface area contributed by atoms with Gasteiger partial charge >= 0.3 is 5.97 Å². The highest BCUT2D eigenvalue weighted by Gasteiger charge is 2.27. The average Bonchev–Trinajstić information content (AvgIpc) is 3.57. The highest BCUT2D eigenvalue weighted by atomic mass is 16.4. The lowest BCUT2D eigenvalue weighted by atomic mass is 10.0. The minimum atomic E-state index is -1.04. The zero-order valence-electron chi connectivity index (χ0n) is 16.4. The number of nitrogens with zero attached hydrogens (tertiary/aromatic N) is 2. The monoisotopic (exact) mass is 390 g/mol. The van der Waals surface area contributed by atoms with Crippen molar-refractivity contribution < 1.29 is 14.7 Å². The summed E-state index contributed by atoms with van der Waals surface area (Å²) in [7, 11) is 1.63. The van der Waals surface area contributed by atoms with Gasteiger partial charge in [-0.3, -0.25) is 9.59 Å². The average molecular weight is 390 g/mol. The van der Waals surface area contributed by atoms with Crippen LogP contribution in [-0.4, -0.2) is 28.6 Å². The van der Waals surface area contributed by atoms with E-state index in [4.69, 9.17) is 0 Å². The second-order valence-electron chi connectivity index (χ2n) is 7.41. The molecule has 1 amide bonds. The number of aromatic nitrogens is 1. The van der Waals surface area contributed by atoms with E-state index in [-0.39, 0.29) is 17.0 Å². The fraction of sp³-hybridized carbons (Fsp3) is 0.261. The lowest BCUT2D eigenvalue weighted by Crippen LogP contribution is -2.26. The van der Waals surface area contributed by atoms with Gasteiger partial charge in [-0.1, -0.05) is 6.07 Å². The normalized spacial score (nSPS) is 13.4. The van der Waals surface area contributed by atoms with E-state index in [0.717, 1.165) is 29.3 Å². The Hall–Kier alpha value is -3.41. The smallest absolute Gasteiger partial charge is 0.335 e. The topological polar surface area (TPSA) is 79.6 Å². The minimum Gasteiger partial charge on any atom is -0.478 e. The molecule has 1 aliphatic carbocycles. The van der Waals surface area contributed by atoms with Gasteiger partial charge < -0.3 is 14.6 Å². The third-order valence-corrected chi connectivity index (χ3v) is 5.51. The van der Waals surface area contributed by atoms with Gasteiger partial charge in [0.15, 0.2) is 0 Å². The Balaban J connectivity index is 1.78. The quantitative estimate of drug-likeness (QED) is 0.717. The predicted molar refractivity (Wildman–Crippen MR) is 112 cm³/mol. The summed E-state index contributed by atoms with van der Waals surface area (Å²) in [4.78, 5) is 38.2. The molecule has 6 heteroatoms. The van der Waals surface area contributed by atoms with Gasteiger partial charge in [-0.2, -0.15) is 0 Å². The first kappa shape index (κ1) is 18.9. The fourth-order valence-corrected chi connectivity index (χ4v) is 3.76. The van der Waals surface area contributed by atoms with Gasteiger partial charge in [-0.05, 0) is 67.6 Å². The first-order valence-corrected chi connectivity index (χ1v) is 9.69. The second kappa shape index (κ2) is 7.20. The van der Waals surface area contributed by atoms with Crippen LogP contribution in [0.15, 0.2) is 53.3 Å². The number of fused-ring (bicyclic) bond motifs is 1. The molecule has 1 saturated carbocycles. The van der Waals surface area contributed by atoms with E-state index in [0.29, 0.717) is 23.7 Å². The van der Waals surface area contributed by atoms with Crippen LogP contribution >= 0.6 is 0 Å². The number of benzene rings is 2. The molecule has 29 heavy (non-hydrogen) atoms. The number of hydrogen-bond donors (Lipinski definition) is 1. The van der Waals surface area contributed by atoms with Crippen LogP contribution in [0.4, 0.5) is 5.69 Å². The molecule has 1 fully saturated rings. The van der Waals surface area contributed by atoms with Crippen LogP contribution in [0.2, 0.25) is 0 Å². The van der Waals surface area contributed by atoms with E-state index in [1.807, 2.05) is 19.1 Å². The van der Waals surface area contributed by atoms with Crippen molar-refractivity contribution in [2.24, 2.45) is 0 Å². The van der Waals surface area contributed by atoms with Crippen LogP contribution in [0.3, 0.4) is 0 Å². The Morgan fingerprint density at radius 2 is 1.86 bits per heavy atom. The third kappa shape index (κ3) is 3.42. The van der Waals surface area contributed by atoms with Crippen molar-refractivity contribution in [2.45, 2.75) is 32.2 Å². The van der Waals surface area contributed by atoms with E-state index in [1.165, 1.54) is 17.0 Å². The number of anilines is 1. The number of carbonyl (C=O) groups is 2. The van der Waals surface area contributed by atoms with Gasteiger partial charge in [0.05, 0.1) is 11.1 Å². The number of pyridine rings is 1. The molecular formula is C23H22N2O4. The van der Waals surface area contributed by atoms with Crippen molar-refractivity contribution in [3.8, 4) is 0 Å². The van der Waals surface area contributed by atoms with Crippen LogP contribution in [0, 0.1) is 0 Å². The summed E-state index contributed by atoms with van der Waals surface area (Å²) >= 11 is 0. The molecule has 1 aromatic heterocycles. The molecule has 3 aromatic rings. The fourth-order valence-electron chi connectivity index (χ4n) is 3.76. The largest absolute Gasteiger partial charge is 0.478 e. The van der Waals surface area contributed by atoms with Gasteiger partial charge in [0, 0.05) is 36.3 Å². The number of amides is 1. The maximum atomic E-state index is 13.1. The van der Waals surface area contributed by atoms with E-state index in [9.17, 15) is 19.5 Å². The second-order valence-corrected chi connectivity index (χ2v) is 7.41. The maximum Gasteiger partial charge on any atom is 0.335 e. The molecule has 0 saturated heterocycles. The summed E-state index contributed by atoms with van der Waals surface area (Å²) in [5, 5.41) is 10.1. The third-order valence-electron chi connectivity index (χ3n) is 5.51. The Morgan fingerprint density at radius 3 is 2.52 bits per heavy atom. The highest BCUT2D eigenvalue weighted by molar-refractivity contribution is 6.08. The van der Waals surface area contributed by atoms with Gasteiger partial charge in [0.2, 0.25) is 0 Å². The molecule has 0 unspecified atom stereocenters. The number of carboxylic acid groups (broad SMARTS) is 1. The summed E-state index contributed by atoms with van der Waals surface area (Å²) in [5.41, 5.74) is 2.99. The lowest BCUT2D eigenvalue weighted by molar-refractivity contribution is 0.0696. The summed E-state index contributed by atoms with van der Waals surface area (Å²) in [5.74, 6) is -0.887. The number of carbonyl (C=O) groups excluding carboxylic acids is 1. The Labute approximate surface area is 168 Å². The minimum absolute atomic E-state index is 0.0106. The molecule has 6 nitrogen and oxygen atoms in total. The molecule has 1 heterocycles. The molecule has 0 radical (unpaired) electrons. The van der Waals surface area contributed by atoms with Crippen molar-refractivity contribution in [3.05, 3.63) is 75.6 Å². The molecule has 0 atom stereocenters. The maximum absolute atomic E-state index is 13.1. The van der Waals surface area contributed by atoms with E-state index in [1.54, 1.807) is 35.9 Å².